The van der Waals surface area contributed by atoms with Crippen LogP contribution in [-0.2, 0) is 9.59 Å². The first-order valence-electron chi connectivity index (χ1n) is 4.62. The number of carbonyl (C=O) groups excluding carboxylic acids is 2. The molecule has 3 amide bonds. The molecule has 0 aromatic heterocycles. The Bertz CT molecular complexity index is 345. The Morgan fingerprint density at radius 1 is 1.39 bits per heavy atom. The maximum absolute atomic E-state index is 12.0. The van der Waals surface area contributed by atoms with Crippen molar-refractivity contribution in [2.24, 2.45) is 5.73 Å². The number of rotatable bonds is 5. The molecule has 0 spiro atoms. The standard InChI is InChI=1S/C8H12F3N3O4/c1-14(3-8(9,10)11)7(18)13-4(6(16)17)2-5(12)15/h4H,2-3H2,1H3,(H2,12,15)(H,13,18)(H,16,17)/t4-/m0/s1. The van der Waals surface area contributed by atoms with E-state index in [-0.39, 0.29) is 4.90 Å². The van der Waals surface area contributed by atoms with Crippen LogP contribution in [-0.4, -0.2) is 53.7 Å². The number of urea groups is 1. The third-order valence-electron chi connectivity index (χ3n) is 1.76. The van der Waals surface area contributed by atoms with E-state index < -0.39 is 43.1 Å². The second-order valence-electron chi connectivity index (χ2n) is 3.48. The maximum atomic E-state index is 12.0. The van der Waals surface area contributed by atoms with Crippen LogP contribution in [0, 0.1) is 0 Å². The zero-order valence-corrected chi connectivity index (χ0v) is 9.32. The third kappa shape index (κ3) is 6.55. The third-order valence-corrected chi connectivity index (χ3v) is 1.76. The fraction of sp³-hybridized carbons (Fsp3) is 0.625. The van der Waals surface area contributed by atoms with Gasteiger partial charge < -0.3 is 21.1 Å². The first-order chi connectivity index (χ1) is 8.03. The number of nitrogens with zero attached hydrogens (tertiary/aromatic N) is 1. The van der Waals surface area contributed by atoms with Crippen molar-refractivity contribution in [1.82, 2.24) is 10.2 Å². The van der Waals surface area contributed by atoms with E-state index in [9.17, 15) is 27.6 Å². The number of carbonyl (C=O) groups is 3. The van der Waals surface area contributed by atoms with Crippen molar-refractivity contribution < 1.29 is 32.7 Å². The highest BCUT2D eigenvalue weighted by Gasteiger charge is 2.32. The second kappa shape index (κ2) is 6.07. The van der Waals surface area contributed by atoms with Gasteiger partial charge in [0.15, 0.2) is 0 Å². The molecule has 10 heteroatoms. The molecule has 0 aliphatic carbocycles. The Morgan fingerprint density at radius 2 is 1.89 bits per heavy atom. The van der Waals surface area contributed by atoms with Gasteiger partial charge in [-0.05, 0) is 0 Å². The lowest BCUT2D eigenvalue weighted by molar-refractivity contribution is -0.141. The van der Waals surface area contributed by atoms with E-state index in [1.807, 2.05) is 0 Å². The Labute approximate surface area is 99.7 Å². The van der Waals surface area contributed by atoms with Crippen molar-refractivity contribution in [2.45, 2.75) is 18.6 Å². The van der Waals surface area contributed by atoms with Crippen molar-refractivity contribution >= 4 is 17.9 Å². The van der Waals surface area contributed by atoms with Gasteiger partial charge in [0.05, 0.1) is 6.42 Å². The average molecular weight is 271 g/mol. The van der Waals surface area contributed by atoms with Gasteiger partial charge in [-0.25, -0.2) is 9.59 Å². The second-order valence-corrected chi connectivity index (χ2v) is 3.48. The first-order valence-corrected chi connectivity index (χ1v) is 4.62. The van der Waals surface area contributed by atoms with Crippen LogP contribution in [0.4, 0.5) is 18.0 Å². The summed E-state index contributed by atoms with van der Waals surface area (Å²) in [7, 11) is 0.839. The normalized spacial score (nSPS) is 12.7. The summed E-state index contributed by atoms with van der Waals surface area (Å²) < 4.78 is 35.9. The topological polar surface area (TPSA) is 113 Å². The van der Waals surface area contributed by atoms with Crippen molar-refractivity contribution in [2.75, 3.05) is 13.6 Å². The summed E-state index contributed by atoms with van der Waals surface area (Å²) in [5.41, 5.74) is 4.74. The lowest BCUT2D eigenvalue weighted by Crippen LogP contribution is -2.50. The highest BCUT2D eigenvalue weighted by Crippen LogP contribution is 2.15. The molecule has 18 heavy (non-hydrogen) atoms. The van der Waals surface area contributed by atoms with Gasteiger partial charge >= 0.3 is 18.2 Å². The van der Waals surface area contributed by atoms with Gasteiger partial charge in [0.25, 0.3) is 0 Å². The number of carboxylic acids is 1. The predicted octanol–water partition coefficient (Wildman–Crippen LogP) is -0.481. The zero-order valence-electron chi connectivity index (χ0n) is 9.32. The molecule has 0 rings (SSSR count). The minimum atomic E-state index is -4.60. The van der Waals surface area contributed by atoms with Gasteiger partial charge in [-0.15, -0.1) is 0 Å². The SMILES string of the molecule is CN(CC(F)(F)F)C(=O)N[C@@H](CC(N)=O)C(=O)O. The van der Waals surface area contributed by atoms with Gasteiger partial charge in [0.1, 0.15) is 12.6 Å². The highest BCUT2D eigenvalue weighted by atomic mass is 19.4. The molecular formula is C8H12F3N3O4. The summed E-state index contributed by atoms with van der Waals surface area (Å²) in [5, 5.41) is 10.4. The summed E-state index contributed by atoms with van der Waals surface area (Å²) in [6.45, 7) is -1.54. The van der Waals surface area contributed by atoms with E-state index in [1.165, 1.54) is 0 Å². The summed E-state index contributed by atoms with van der Waals surface area (Å²) in [5.74, 6) is -2.57. The Morgan fingerprint density at radius 3 is 2.22 bits per heavy atom. The number of carboxylic acid groups (broad SMARTS) is 1. The molecule has 1 atom stereocenters. The van der Waals surface area contributed by atoms with E-state index >= 15 is 0 Å². The van der Waals surface area contributed by atoms with Gasteiger partial charge in [-0.3, -0.25) is 4.79 Å². The smallest absolute Gasteiger partial charge is 0.406 e. The van der Waals surface area contributed by atoms with Crippen molar-refractivity contribution in [3.63, 3.8) is 0 Å². The number of nitrogens with two attached hydrogens (primary N) is 1. The molecule has 7 nitrogen and oxygen atoms in total. The zero-order chi connectivity index (χ0) is 14.5. The van der Waals surface area contributed by atoms with Crippen molar-refractivity contribution in [1.29, 1.82) is 0 Å². The number of hydrogen-bond acceptors (Lipinski definition) is 3. The van der Waals surface area contributed by atoms with Crippen LogP contribution < -0.4 is 11.1 Å². The van der Waals surface area contributed by atoms with Gasteiger partial charge in [0.2, 0.25) is 5.91 Å². The number of amides is 3. The number of halogens is 3. The summed E-state index contributed by atoms with van der Waals surface area (Å²) in [6, 6.07) is -2.92. The molecule has 0 aliphatic rings. The molecule has 0 aliphatic heterocycles. The Balaban J connectivity index is 4.50. The fourth-order valence-electron chi connectivity index (χ4n) is 1.00. The summed E-state index contributed by atoms with van der Waals surface area (Å²) >= 11 is 0. The fourth-order valence-corrected chi connectivity index (χ4v) is 1.00. The highest BCUT2D eigenvalue weighted by molar-refractivity contribution is 5.87. The molecule has 0 aromatic rings. The lowest BCUT2D eigenvalue weighted by atomic mass is 10.2. The van der Waals surface area contributed by atoms with E-state index in [0.29, 0.717) is 0 Å². The molecule has 0 fully saturated rings. The van der Waals surface area contributed by atoms with Crippen LogP contribution >= 0.6 is 0 Å². The number of nitrogens with one attached hydrogen (secondary N) is 1. The van der Waals surface area contributed by atoms with Crippen LogP contribution in [0.5, 0.6) is 0 Å². The van der Waals surface area contributed by atoms with Crippen LogP contribution in [0.15, 0.2) is 0 Å². The van der Waals surface area contributed by atoms with E-state index in [0.717, 1.165) is 7.05 Å². The number of alkyl halides is 3. The molecule has 0 bridgehead atoms. The first kappa shape index (κ1) is 16.0. The largest absolute Gasteiger partial charge is 0.480 e. The molecule has 0 radical (unpaired) electrons. The van der Waals surface area contributed by atoms with Crippen molar-refractivity contribution in [3.05, 3.63) is 0 Å². The van der Waals surface area contributed by atoms with Gasteiger partial charge in [-0.1, -0.05) is 0 Å². The van der Waals surface area contributed by atoms with Gasteiger partial charge in [-0.2, -0.15) is 13.2 Å². The molecule has 0 saturated heterocycles. The van der Waals surface area contributed by atoms with Crippen LogP contribution in [0.25, 0.3) is 0 Å². The van der Waals surface area contributed by atoms with E-state index in [4.69, 9.17) is 10.8 Å². The summed E-state index contributed by atoms with van der Waals surface area (Å²) in [6.07, 6.45) is -5.31. The number of hydrogen-bond donors (Lipinski definition) is 3. The molecular weight excluding hydrogens is 259 g/mol. The van der Waals surface area contributed by atoms with Crippen molar-refractivity contribution in [3.8, 4) is 0 Å². The average Bonchev–Trinajstić information content (AvgIpc) is 2.12. The monoisotopic (exact) mass is 271 g/mol. The lowest BCUT2D eigenvalue weighted by Gasteiger charge is -2.21. The Hall–Kier alpha value is -2.00. The van der Waals surface area contributed by atoms with E-state index in [2.05, 4.69) is 0 Å². The molecule has 4 N–H and O–H groups in total. The van der Waals surface area contributed by atoms with Gasteiger partial charge in [0, 0.05) is 7.05 Å². The van der Waals surface area contributed by atoms with Crippen LogP contribution in [0.3, 0.4) is 0 Å². The minimum absolute atomic E-state index is 0.247. The molecule has 0 unspecified atom stereocenters. The summed E-state index contributed by atoms with van der Waals surface area (Å²) in [4.78, 5) is 32.6. The number of primary amides is 1. The van der Waals surface area contributed by atoms with Crippen LogP contribution in [0.1, 0.15) is 6.42 Å². The minimum Gasteiger partial charge on any atom is -0.480 e. The molecule has 104 valence electrons. The molecule has 0 heterocycles. The van der Waals surface area contributed by atoms with Crippen LogP contribution in [0.2, 0.25) is 0 Å². The predicted molar refractivity (Wildman–Crippen MR) is 52.5 cm³/mol. The molecule has 0 saturated carbocycles. The van der Waals surface area contributed by atoms with E-state index in [1.54, 1.807) is 5.32 Å². The quantitative estimate of drug-likeness (QED) is 0.626. The Kier molecular flexibility index (Phi) is 5.40. The maximum Gasteiger partial charge on any atom is 0.406 e. The molecule has 0 aromatic carbocycles. The number of aliphatic carboxylic acids is 1.